The molecule has 2 aromatic rings. The average Bonchev–Trinajstić information content (AvgIpc) is 2.96. The quantitative estimate of drug-likeness (QED) is 0.903. The Balaban J connectivity index is 0.00000121. The number of hydrogen-bond acceptors (Lipinski definition) is 5. The molecule has 1 aliphatic heterocycles. The summed E-state index contributed by atoms with van der Waals surface area (Å²) in [5.41, 5.74) is 0.923. The molecule has 2 heterocycles. The van der Waals surface area contributed by atoms with Gasteiger partial charge in [0.2, 0.25) is 11.7 Å². The standard InChI is InChI=1S/C14H17ClN4O.2ClH/c15-12-3-1-11(2-4-12)14-17-13(20-18-14)5-8-19-9-6-16-7-10-19;;/h1-4,16H,5-10H2;2*1H. The van der Waals surface area contributed by atoms with Crippen LogP contribution in [0.4, 0.5) is 0 Å². The molecule has 0 bridgehead atoms. The summed E-state index contributed by atoms with van der Waals surface area (Å²) in [4.78, 5) is 6.84. The highest BCUT2D eigenvalue weighted by molar-refractivity contribution is 6.30. The van der Waals surface area contributed by atoms with Gasteiger partial charge in [0, 0.05) is 49.7 Å². The molecule has 1 aliphatic rings. The zero-order valence-corrected chi connectivity index (χ0v) is 14.4. The van der Waals surface area contributed by atoms with Gasteiger partial charge in [0.15, 0.2) is 0 Å². The first kappa shape index (κ1) is 19.2. The maximum Gasteiger partial charge on any atom is 0.228 e. The fraction of sp³-hybridized carbons (Fsp3) is 0.429. The maximum absolute atomic E-state index is 5.87. The number of hydrogen-bond donors (Lipinski definition) is 1. The number of piperazine rings is 1. The van der Waals surface area contributed by atoms with Gasteiger partial charge in [-0.3, -0.25) is 0 Å². The Hall–Kier alpha value is -0.850. The molecule has 0 unspecified atom stereocenters. The summed E-state index contributed by atoms with van der Waals surface area (Å²) < 4.78 is 5.30. The second-order valence-electron chi connectivity index (χ2n) is 4.86. The molecule has 1 aromatic heterocycles. The first-order valence-electron chi connectivity index (χ1n) is 6.83. The van der Waals surface area contributed by atoms with Crippen molar-refractivity contribution in [3.05, 3.63) is 35.2 Å². The van der Waals surface area contributed by atoms with E-state index >= 15 is 0 Å². The molecular weight excluding hydrogens is 347 g/mol. The molecule has 122 valence electrons. The summed E-state index contributed by atoms with van der Waals surface area (Å²) in [6, 6.07) is 7.45. The van der Waals surface area contributed by atoms with Crippen LogP contribution in [0.3, 0.4) is 0 Å². The monoisotopic (exact) mass is 364 g/mol. The van der Waals surface area contributed by atoms with E-state index in [2.05, 4.69) is 20.4 Å². The van der Waals surface area contributed by atoms with E-state index < -0.39 is 0 Å². The topological polar surface area (TPSA) is 54.2 Å². The van der Waals surface area contributed by atoms with Gasteiger partial charge in [-0.1, -0.05) is 16.8 Å². The normalized spacial score (nSPS) is 15.0. The summed E-state index contributed by atoms with van der Waals surface area (Å²) in [6.07, 6.45) is 0.792. The second kappa shape index (κ2) is 9.33. The molecule has 0 spiro atoms. The largest absolute Gasteiger partial charge is 0.339 e. The highest BCUT2D eigenvalue weighted by Crippen LogP contribution is 2.18. The van der Waals surface area contributed by atoms with Crippen molar-refractivity contribution in [1.29, 1.82) is 0 Å². The van der Waals surface area contributed by atoms with E-state index in [1.54, 1.807) is 0 Å². The van der Waals surface area contributed by atoms with Crippen LogP contribution >= 0.6 is 36.4 Å². The SMILES string of the molecule is Cl.Cl.Clc1ccc(-c2noc(CCN3CCNCC3)n2)cc1. The highest BCUT2D eigenvalue weighted by Gasteiger charge is 2.12. The average molecular weight is 366 g/mol. The molecule has 1 fully saturated rings. The first-order chi connectivity index (χ1) is 9.81. The van der Waals surface area contributed by atoms with E-state index in [-0.39, 0.29) is 24.8 Å². The van der Waals surface area contributed by atoms with Crippen LogP contribution in [0.1, 0.15) is 5.89 Å². The molecule has 0 atom stereocenters. The zero-order chi connectivity index (χ0) is 13.8. The Labute approximate surface area is 147 Å². The second-order valence-corrected chi connectivity index (χ2v) is 5.30. The fourth-order valence-electron chi connectivity index (χ4n) is 2.26. The molecule has 0 aliphatic carbocycles. The van der Waals surface area contributed by atoms with Gasteiger partial charge in [0.25, 0.3) is 0 Å². The lowest BCUT2D eigenvalue weighted by Crippen LogP contribution is -2.44. The molecule has 8 heteroatoms. The van der Waals surface area contributed by atoms with E-state index in [9.17, 15) is 0 Å². The van der Waals surface area contributed by atoms with Crippen molar-refractivity contribution in [3.8, 4) is 11.4 Å². The number of nitrogens with zero attached hydrogens (tertiary/aromatic N) is 3. The third kappa shape index (κ3) is 5.11. The molecule has 5 nitrogen and oxygen atoms in total. The number of aromatic nitrogens is 2. The first-order valence-corrected chi connectivity index (χ1v) is 7.21. The van der Waals surface area contributed by atoms with E-state index in [0.717, 1.165) is 44.7 Å². The van der Waals surface area contributed by atoms with Crippen molar-refractivity contribution in [3.63, 3.8) is 0 Å². The van der Waals surface area contributed by atoms with Gasteiger partial charge < -0.3 is 14.7 Å². The molecule has 0 saturated carbocycles. The Morgan fingerprint density at radius 2 is 1.82 bits per heavy atom. The summed E-state index contributed by atoms with van der Waals surface area (Å²) in [5.74, 6) is 1.31. The lowest BCUT2D eigenvalue weighted by Gasteiger charge is -2.26. The van der Waals surface area contributed by atoms with E-state index in [1.165, 1.54) is 0 Å². The summed E-state index contributed by atoms with van der Waals surface area (Å²) >= 11 is 5.87. The smallest absolute Gasteiger partial charge is 0.228 e. The van der Waals surface area contributed by atoms with Crippen molar-refractivity contribution < 1.29 is 4.52 Å². The van der Waals surface area contributed by atoms with Crippen molar-refractivity contribution in [2.45, 2.75) is 6.42 Å². The third-order valence-electron chi connectivity index (χ3n) is 3.42. The molecule has 22 heavy (non-hydrogen) atoms. The molecular formula is C14H19Cl3N4O. The van der Waals surface area contributed by atoms with E-state index in [4.69, 9.17) is 16.1 Å². The number of nitrogens with one attached hydrogen (secondary N) is 1. The molecule has 0 amide bonds. The summed E-state index contributed by atoms with van der Waals surface area (Å²) in [7, 11) is 0. The van der Waals surface area contributed by atoms with E-state index in [1.807, 2.05) is 24.3 Å². The van der Waals surface area contributed by atoms with Crippen LogP contribution in [0.5, 0.6) is 0 Å². The van der Waals surface area contributed by atoms with Crippen LogP contribution in [0, 0.1) is 0 Å². The van der Waals surface area contributed by atoms with Gasteiger partial charge in [-0.15, -0.1) is 24.8 Å². The number of benzene rings is 1. The van der Waals surface area contributed by atoms with Crippen molar-refractivity contribution in [1.82, 2.24) is 20.4 Å². The molecule has 1 aromatic carbocycles. The van der Waals surface area contributed by atoms with Crippen LogP contribution in [-0.4, -0.2) is 47.8 Å². The Morgan fingerprint density at radius 3 is 2.50 bits per heavy atom. The van der Waals surface area contributed by atoms with Crippen LogP contribution in [0.2, 0.25) is 5.02 Å². The highest BCUT2D eigenvalue weighted by atomic mass is 35.5. The fourth-order valence-corrected chi connectivity index (χ4v) is 2.39. The van der Waals surface area contributed by atoms with Crippen molar-refractivity contribution in [2.24, 2.45) is 0 Å². The summed E-state index contributed by atoms with van der Waals surface area (Å²) in [6.45, 7) is 5.24. The minimum absolute atomic E-state index is 0. The van der Waals surface area contributed by atoms with Gasteiger partial charge >= 0.3 is 0 Å². The minimum Gasteiger partial charge on any atom is -0.339 e. The van der Waals surface area contributed by atoms with Crippen molar-refractivity contribution >= 4 is 36.4 Å². The van der Waals surface area contributed by atoms with Crippen LogP contribution in [0.25, 0.3) is 11.4 Å². The Kier molecular flexibility index (Phi) is 8.14. The van der Waals surface area contributed by atoms with Gasteiger partial charge in [-0.25, -0.2) is 0 Å². The maximum atomic E-state index is 5.87. The van der Waals surface area contributed by atoms with Crippen LogP contribution in [0.15, 0.2) is 28.8 Å². The predicted octanol–water partition coefficient (Wildman–Crippen LogP) is 2.68. The molecule has 1 N–H and O–H groups in total. The summed E-state index contributed by atoms with van der Waals surface area (Å²) in [5, 5.41) is 8.06. The van der Waals surface area contributed by atoms with Gasteiger partial charge in [-0.05, 0) is 24.3 Å². The van der Waals surface area contributed by atoms with E-state index in [0.29, 0.717) is 16.7 Å². The minimum atomic E-state index is 0. The van der Waals surface area contributed by atoms with Gasteiger partial charge in [-0.2, -0.15) is 4.98 Å². The van der Waals surface area contributed by atoms with Crippen LogP contribution in [-0.2, 0) is 6.42 Å². The number of halogens is 3. The molecule has 1 saturated heterocycles. The molecule has 3 rings (SSSR count). The number of rotatable bonds is 4. The van der Waals surface area contributed by atoms with Crippen molar-refractivity contribution in [2.75, 3.05) is 32.7 Å². The third-order valence-corrected chi connectivity index (χ3v) is 3.67. The lowest BCUT2D eigenvalue weighted by atomic mass is 10.2. The van der Waals surface area contributed by atoms with Gasteiger partial charge in [0.1, 0.15) is 0 Å². The molecule has 0 radical (unpaired) electrons. The van der Waals surface area contributed by atoms with Crippen LogP contribution < -0.4 is 5.32 Å². The predicted molar refractivity (Wildman–Crippen MR) is 92.3 cm³/mol. The zero-order valence-electron chi connectivity index (χ0n) is 12.0. The van der Waals surface area contributed by atoms with Gasteiger partial charge in [0.05, 0.1) is 0 Å². The Morgan fingerprint density at radius 1 is 1.14 bits per heavy atom. The lowest BCUT2D eigenvalue weighted by molar-refractivity contribution is 0.234. The Bertz CT molecular complexity index is 555.